The number of amides is 1. The molecule has 0 aliphatic carbocycles. The van der Waals surface area contributed by atoms with E-state index in [-0.39, 0.29) is 18.4 Å². The summed E-state index contributed by atoms with van der Waals surface area (Å²) in [4.78, 5) is 24.8. The van der Waals surface area contributed by atoms with Crippen LogP contribution in [0.15, 0.2) is 16.7 Å². The summed E-state index contributed by atoms with van der Waals surface area (Å²) in [7, 11) is 1.81. The van der Waals surface area contributed by atoms with E-state index < -0.39 is 5.97 Å². The summed E-state index contributed by atoms with van der Waals surface area (Å²) >= 11 is 3.33. The Bertz CT molecular complexity index is 484. The molecule has 1 aliphatic heterocycles. The van der Waals surface area contributed by atoms with E-state index in [0.717, 1.165) is 17.3 Å². The van der Waals surface area contributed by atoms with Crippen LogP contribution in [0, 0.1) is 0 Å². The predicted octanol–water partition coefficient (Wildman–Crippen LogP) is 1.87. The molecule has 1 amide bonds. The summed E-state index contributed by atoms with van der Waals surface area (Å²) in [6.07, 6.45) is 3.48. The first-order valence-corrected chi connectivity index (χ1v) is 6.63. The summed E-state index contributed by atoms with van der Waals surface area (Å²) in [6.45, 7) is 0.638. The van der Waals surface area contributed by atoms with Gasteiger partial charge in [-0.15, -0.1) is 0 Å². The smallest absolute Gasteiger partial charge is 0.305 e. The van der Waals surface area contributed by atoms with Crippen molar-refractivity contribution in [3.05, 3.63) is 22.4 Å². The standard InChI is InChI=1S/C12H15BrN2O3/c1-14-7-8(13)5-10(14)12(18)15-4-2-3-9(15)6-11(16)17/h5,7,9H,2-4,6H2,1H3,(H,16,17). The molecule has 0 radical (unpaired) electrons. The zero-order valence-corrected chi connectivity index (χ0v) is 11.7. The molecule has 1 aliphatic rings. The third-order valence-electron chi connectivity index (χ3n) is 3.24. The Morgan fingerprint density at radius 3 is 2.83 bits per heavy atom. The van der Waals surface area contributed by atoms with Crippen LogP contribution >= 0.6 is 15.9 Å². The van der Waals surface area contributed by atoms with Crippen molar-refractivity contribution in [2.24, 2.45) is 7.05 Å². The van der Waals surface area contributed by atoms with E-state index in [2.05, 4.69) is 15.9 Å². The van der Waals surface area contributed by atoms with E-state index in [1.165, 1.54) is 0 Å². The van der Waals surface area contributed by atoms with Crippen molar-refractivity contribution in [1.29, 1.82) is 0 Å². The fourth-order valence-electron chi connectivity index (χ4n) is 2.40. The van der Waals surface area contributed by atoms with Crippen molar-refractivity contribution in [3.63, 3.8) is 0 Å². The molecule has 6 heteroatoms. The molecule has 1 N–H and O–H groups in total. The Morgan fingerprint density at radius 1 is 1.56 bits per heavy atom. The van der Waals surface area contributed by atoms with Gasteiger partial charge in [0.05, 0.1) is 6.42 Å². The Kier molecular flexibility index (Phi) is 3.75. The summed E-state index contributed by atoms with van der Waals surface area (Å²) in [5.74, 6) is -0.945. The van der Waals surface area contributed by atoms with Crippen molar-refractivity contribution in [1.82, 2.24) is 9.47 Å². The molecule has 98 valence electrons. The zero-order valence-electron chi connectivity index (χ0n) is 10.1. The van der Waals surface area contributed by atoms with Gasteiger partial charge in [0.2, 0.25) is 0 Å². The van der Waals surface area contributed by atoms with Gasteiger partial charge in [-0.25, -0.2) is 0 Å². The lowest BCUT2D eigenvalue weighted by Gasteiger charge is -2.23. The maximum atomic E-state index is 12.4. The number of hydrogen-bond acceptors (Lipinski definition) is 2. The van der Waals surface area contributed by atoms with Gasteiger partial charge in [-0.1, -0.05) is 0 Å². The number of carboxylic acids is 1. The highest BCUT2D eigenvalue weighted by Gasteiger charge is 2.31. The number of aromatic nitrogens is 1. The molecular weight excluding hydrogens is 300 g/mol. The first-order chi connectivity index (χ1) is 8.49. The Morgan fingerprint density at radius 2 is 2.28 bits per heavy atom. The van der Waals surface area contributed by atoms with Gasteiger partial charge in [0, 0.05) is 30.3 Å². The fraction of sp³-hybridized carbons (Fsp3) is 0.500. The van der Waals surface area contributed by atoms with Crippen LogP contribution in [0.1, 0.15) is 29.8 Å². The second-order valence-corrected chi connectivity index (χ2v) is 5.46. The molecule has 0 spiro atoms. The van der Waals surface area contributed by atoms with Crippen molar-refractivity contribution in [2.45, 2.75) is 25.3 Å². The largest absolute Gasteiger partial charge is 0.481 e. The van der Waals surface area contributed by atoms with Crippen LogP contribution in [0.25, 0.3) is 0 Å². The van der Waals surface area contributed by atoms with Gasteiger partial charge in [0.1, 0.15) is 5.69 Å². The van der Waals surface area contributed by atoms with E-state index in [4.69, 9.17) is 5.11 Å². The molecule has 2 rings (SSSR count). The molecule has 0 bridgehead atoms. The van der Waals surface area contributed by atoms with Crippen LogP contribution in [0.5, 0.6) is 0 Å². The van der Waals surface area contributed by atoms with Crippen LogP contribution in [0.3, 0.4) is 0 Å². The van der Waals surface area contributed by atoms with Crippen LogP contribution < -0.4 is 0 Å². The van der Waals surface area contributed by atoms with Crippen molar-refractivity contribution >= 4 is 27.8 Å². The number of aliphatic carboxylic acids is 1. The summed E-state index contributed by atoms with van der Waals surface area (Å²) < 4.78 is 2.60. The van der Waals surface area contributed by atoms with Gasteiger partial charge in [0.25, 0.3) is 5.91 Å². The SMILES string of the molecule is Cn1cc(Br)cc1C(=O)N1CCCC1CC(=O)O. The highest BCUT2D eigenvalue weighted by molar-refractivity contribution is 9.10. The molecule has 5 nitrogen and oxygen atoms in total. The number of likely N-dealkylation sites (tertiary alicyclic amines) is 1. The molecule has 1 fully saturated rings. The molecule has 1 saturated heterocycles. The highest BCUT2D eigenvalue weighted by Crippen LogP contribution is 2.24. The maximum absolute atomic E-state index is 12.4. The average Bonchev–Trinajstić information content (AvgIpc) is 2.83. The van der Waals surface area contributed by atoms with E-state index in [9.17, 15) is 9.59 Å². The number of rotatable bonds is 3. The molecule has 1 aromatic rings. The first kappa shape index (κ1) is 13.1. The van der Waals surface area contributed by atoms with E-state index in [1.54, 1.807) is 22.6 Å². The normalized spacial score (nSPS) is 19.2. The molecule has 18 heavy (non-hydrogen) atoms. The van der Waals surface area contributed by atoms with Crippen LogP contribution in [-0.2, 0) is 11.8 Å². The number of nitrogens with zero attached hydrogens (tertiary/aromatic N) is 2. The van der Waals surface area contributed by atoms with Gasteiger partial charge >= 0.3 is 5.97 Å². The molecule has 0 aromatic carbocycles. The van der Waals surface area contributed by atoms with Gasteiger partial charge in [-0.2, -0.15) is 0 Å². The quantitative estimate of drug-likeness (QED) is 0.926. The number of carbonyl (C=O) groups is 2. The minimum absolute atomic E-state index is 0.0251. The lowest BCUT2D eigenvalue weighted by Crippen LogP contribution is -2.37. The second-order valence-electron chi connectivity index (χ2n) is 4.55. The molecule has 1 aromatic heterocycles. The highest BCUT2D eigenvalue weighted by atomic mass is 79.9. The van der Waals surface area contributed by atoms with Crippen molar-refractivity contribution < 1.29 is 14.7 Å². The monoisotopic (exact) mass is 314 g/mol. The molecule has 1 unspecified atom stereocenters. The molecular formula is C12H15BrN2O3. The van der Waals surface area contributed by atoms with Gasteiger partial charge < -0.3 is 14.6 Å². The minimum Gasteiger partial charge on any atom is -0.481 e. The van der Waals surface area contributed by atoms with E-state index >= 15 is 0 Å². The number of carbonyl (C=O) groups excluding carboxylic acids is 1. The summed E-state index contributed by atoms with van der Waals surface area (Å²) in [6, 6.07) is 1.59. The number of halogens is 1. The van der Waals surface area contributed by atoms with Gasteiger partial charge in [-0.3, -0.25) is 9.59 Å². The van der Waals surface area contributed by atoms with Crippen molar-refractivity contribution in [3.8, 4) is 0 Å². The molecule has 2 heterocycles. The second kappa shape index (κ2) is 5.14. The lowest BCUT2D eigenvalue weighted by atomic mass is 10.1. The summed E-state index contributed by atoms with van der Waals surface area (Å²) in [5.41, 5.74) is 0.583. The zero-order chi connectivity index (χ0) is 13.3. The fourth-order valence-corrected chi connectivity index (χ4v) is 2.92. The third-order valence-corrected chi connectivity index (χ3v) is 3.67. The Balaban J connectivity index is 2.17. The third kappa shape index (κ3) is 2.58. The van der Waals surface area contributed by atoms with Crippen LogP contribution in [0.4, 0.5) is 0 Å². The van der Waals surface area contributed by atoms with Crippen molar-refractivity contribution in [2.75, 3.05) is 6.54 Å². The lowest BCUT2D eigenvalue weighted by molar-refractivity contribution is -0.137. The molecule has 1 atom stereocenters. The Labute approximate surface area is 114 Å². The van der Waals surface area contributed by atoms with Crippen LogP contribution in [0.2, 0.25) is 0 Å². The number of aryl methyl sites for hydroxylation is 1. The Hall–Kier alpha value is -1.30. The van der Waals surface area contributed by atoms with E-state index in [0.29, 0.717) is 12.2 Å². The molecule has 0 saturated carbocycles. The summed E-state index contributed by atoms with van der Waals surface area (Å²) in [5, 5.41) is 8.85. The first-order valence-electron chi connectivity index (χ1n) is 5.83. The topological polar surface area (TPSA) is 62.5 Å². The van der Waals surface area contributed by atoms with E-state index in [1.807, 2.05) is 6.20 Å². The average molecular weight is 315 g/mol. The van der Waals surface area contributed by atoms with Crippen LogP contribution in [-0.4, -0.2) is 39.0 Å². The number of carboxylic acid groups (broad SMARTS) is 1. The van der Waals surface area contributed by atoms with Gasteiger partial charge in [0.15, 0.2) is 0 Å². The number of hydrogen-bond donors (Lipinski definition) is 1. The predicted molar refractivity (Wildman–Crippen MR) is 69.4 cm³/mol. The van der Waals surface area contributed by atoms with Gasteiger partial charge in [-0.05, 0) is 34.8 Å². The minimum atomic E-state index is -0.854. The maximum Gasteiger partial charge on any atom is 0.305 e.